The Kier molecular flexibility index (Phi) is 14.0. The molecular formula is C21H33N3O8S3. The highest BCUT2D eigenvalue weighted by Crippen LogP contribution is 2.08. The molecule has 14 heteroatoms. The molecule has 1 heterocycles. The Morgan fingerprint density at radius 1 is 0.800 bits per heavy atom. The van der Waals surface area contributed by atoms with Gasteiger partial charge in [-0.1, -0.05) is 20.4 Å². The lowest BCUT2D eigenvalue weighted by Gasteiger charge is -2.15. The van der Waals surface area contributed by atoms with Crippen LogP contribution < -0.4 is 17.1 Å². The number of hydrogen-bond acceptors (Lipinski definition) is 11. The first-order chi connectivity index (χ1) is 16.5. The lowest BCUT2D eigenvalue weighted by molar-refractivity contribution is -0.144. The predicted molar refractivity (Wildman–Crippen MR) is 141 cm³/mol. The van der Waals surface area contributed by atoms with Crippen LogP contribution in [0, 0.1) is 0 Å². The largest absolute Gasteiger partial charge is 0.497 e. The molecule has 198 valence electrons. The number of carbonyl (C=O) groups is 2. The van der Waals surface area contributed by atoms with Crippen LogP contribution in [0.25, 0.3) is 0 Å². The number of ether oxygens (including phenoxy) is 3. The van der Waals surface area contributed by atoms with Gasteiger partial charge in [-0.2, -0.15) is 37.0 Å². The number of rotatable bonds is 16. The van der Waals surface area contributed by atoms with Crippen LogP contribution in [0.2, 0.25) is 0 Å². The van der Waals surface area contributed by atoms with Crippen molar-refractivity contribution in [3.8, 4) is 0 Å². The second-order valence-corrected chi connectivity index (χ2v) is 10.3. The molecule has 1 aromatic heterocycles. The lowest BCUT2D eigenvalue weighted by atomic mass is 10.3. The molecule has 1 rings (SSSR count). The highest BCUT2D eigenvalue weighted by molar-refractivity contribution is 7.99. The quantitative estimate of drug-likeness (QED) is 0.172. The van der Waals surface area contributed by atoms with E-state index in [0.29, 0.717) is 12.2 Å². The fourth-order valence-corrected chi connectivity index (χ4v) is 3.56. The summed E-state index contributed by atoms with van der Waals surface area (Å²) in [6.07, 6.45) is 2.28. The average Bonchev–Trinajstić information content (AvgIpc) is 2.74. The molecule has 2 unspecified atom stereocenters. The zero-order valence-electron chi connectivity index (χ0n) is 20.1. The molecule has 35 heavy (non-hydrogen) atoms. The Morgan fingerprint density at radius 2 is 1.20 bits per heavy atom. The fourth-order valence-electron chi connectivity index (χ4n) is 2.89. The Balaban J connectivity index is 3.13. The minimum atomic E-state index is -0.898. The maximum atomic E-state index is 12.9. The maximum absolute atomic E-state index is 12.9. The van der Waals surface area contributed by atoms with Gasteiger partial charge in [-0.15, -0.1) is 0 Å². The van der Waals surface area contributed by atoms with Crippen LogP contribution in [-0.2, 0) is 43.4 Å². The lowest BCUT2D eigenvalue weighted by Crippen LogP contribution is -2.55. The van der Waals surface area contributed by atoms with Crippen molar-refractivity contribution in [3.05, 3.63) is 43.8 Å². The van der Waals surface area contributed by atoms with Crippen LogP contribution in [-0.4, -0.2) is 68.0 Å². The zero-order valence-corrected chi connectivity index (χ0v) is 22.7. The molecule has 0 saturated carbocycles. The Bertz CT molecular complexity index is 979. The molecule has 0 N–H and O–H groups in total. The van der Waals surface area contributed by atoms with Crippen molar-refractivity contribution in [1.82, 2.24) is 13.7 Å². The normalized spacial score (nSPS) is 12.6. The number of hydrogen-bond donors (Lipinski definition) is 2. The smallest absolute Gasteiger partial charge is 0.336 e. The third kappa shape index (κ3) is 11.0. The molecule has 0 fully saturated rings. The number of aromatic nitrogens is 3. The first-order valence-corrected chi connectivity index (χ1v) is 13.3. The van der Waals surface area contributed by atoms with Gasteiger partial charge in [-0.05, 0) is 6.26 Å². The number of esters is 2. The molecule has 11 nitrogen and oxygen atoms in total. The second kappa shape index (κ2) is 15.8. The van der Waals surface area contributed by atoms with Gasteiger partial charge < -0.3 is 14.2 Å². The summed E-state index contributed by atoms with van der Waals surface area (Å²) >= 11 is 9.65. The molecule has 0 aliphatic rings. The standard InChI is InChI=1S/C21H33N3O8S3/c1-14(11-15(2)33)30-8-5-22-19(27)23(6-9-31-17(25)12-16(3)34)21(29)24(20(22)28)7-10-32-18(26)13-35-4/h15-16,33-34H,1,5-13H2,2-4H3. The van der Waals surface area contributed by atoms with Gasteiger partial charge in [0.25, 0.3) is 0 Å². The van der Waals surface area contributed by atoms with Crippen molar-refractivity contribution in [3.63, 3.8) is 0 Å². The van der Waals surface area contributed by atoms with E-state index in [1.165, 1.54) is 11.8 Å². The summed E-state index contributed by atoms with van der Waals surface area (Å²) in [5, 5.41) is -0.190. The van der Waals surface area contributed by atoms with Gasteiger partial charge in [0.1, 0.15) is 19.8 Å². The monoisotopic (exact) mass is 551 g/mol. The molecule has 0 spiro atoms. The van der Waals surface area contributed by atoms with E-state index in [4.69, 9.17) is 14.2 Å². The van der Waals surface area contributed by atoms with Crippen molar-refractivity contribution in [2.45, 2.75) is 56.8 Å². The van der Waals surface area contributed by atoms with Crippen LogP contribution in [0.1, 0.15) is 26.7 Å². The summed E-state index contributed by atoms with van der Waals surface area (Å²) < 4.78 is 18.0. The average molecular weight is 552 g/mol. The van der Waals surface area contributed by atoms with Gasteiger partial charge >= 0.3 is 29.0 Å². The summed E-state index contributed by atoms with van der Waals surface area (Å²) in [5.41, 5.74) is -2.63. The van der Waals surface area contributed by atoms with Crippen LogP contribution in [0.5, 0.6) is 0 Å². The van der Waals surface area contributed by atoms with Gasteiger partial charge in [0, 0.05) is 16.9 Å². The van der Waals surface area contributed by atoms with Gasteiger partial charge in [0.2, 0.25) is 0 Å². The summed E-state index contributed by atoms with van der Waals surface area (Å²) in [4.78, 5) is 62.1. The minimum absolute atomic E-state index is 0.0198. The highest BCUT2D eigenvalue weighted by Gasteiger charge is 2.17. The van der Waals surface area contributed by atoms with E-state index in [0.717, 1.165) is 13.7 Å². The number of carbonyl (C=O) groups excluding carboxylic acids is 2. The molecule has 0 amide bonds. The first-order valence-electron chi connectivity index (χ1n) is 10.9. The Labute approximate surface area is 218 Å². The summed E-state index contributed by atoms with van der Waals surface area (Å²) in [6.45, 7) is 6.18. The van der Waals surface area contributed by atoms with Crippen LogP contribution >= 0.6 is 37.0 Å². The second-order valence-electron chi connectivity index (χ2n) is 7.67. The van der Waals surface area contributed by atoms with E-state index in [9.17, 15) is 24.0 Å². The number of allylic oxidation sites excluding steroid dienone is 1. The number of nitrogens with zero attached hydrogens (tertiary/aromatic N) is 3. The van der Waals surface area contributed by atoms with Gasteiger partial charge in [-0.3, -0.25) is 9.59 Å². The fraction of sp³-hybridized carbons (Fsp3) is 0.667. The molecule has 0 radical (unpaired) electrons. The molecule has 0 aliphatic carbocycles. The van der Waals surface area contributed by atoms with E-state index in [1.807, 2.05) is 6.92 Å². The Morgan fingerprint density at radius 3 is 1.60 bits per heavy atom. The van der Waals surface area contributed by atoms with Crippen LogP contribution in [0.3, 0.4) is 0 Å². The molecular weight excluding hydrogens is 518 g/mol. The molecule has 0 saturated heterocycles. The summed E-state index contributed by atoms with van der Waals surface area (Å²) in [6, 6.07) is 0. The van der Waals surface area contributed by atoms with Crippen molar-refractivity contribution in [1.29, 1.82) is 0 Å². The SMILES string of the molecule is C=C(CC(C)S)OCCn1c(=O)n(CCOC(=O)CSC)c(=O)n(CCOC(=O)CC(C)S)c1=O. The topological polar surface area (TPSA) is 128 Å². The van der Waals surface area contributed by atoms with Crippen molar-refractivity contribution in [2.24, 2.45) is 0 Å². The molecule has 1 aromatic rings. The molecule has 0 bridgehead atoms. The number of thioether (sulfide) groups is 1. The molecule has 0 aliphatic heterocycles. The predicted octanol–water partition coefficient (Wildman–Crippen LogP) is 0.568. The third-order valence-corrected chi connectivity index (χ3v) is 5.30. The van der Waals surface area contributed by atoms with E-state index in [-0.39, 0.29) is 62.1 Å². The Hall–Kier alpha value is -2.06. The first kappa shape index (κ1) is 31.0. The number of thiol groups is 2. The van der Waals surface area contributed by atoms with Gasteiger partial charge in [0.05, 0.1) is 37.6 Å². The van der Waals surface area contributed by atoms with Crippen LogP contribution in [0.15, 0.2) is 26.7 Å². The summed E-state index contributed by atoms with van der Waals surface area (Å²) in [5.74, 6) is -0.448. The van der Waals surface area contributed by atoms with E-state index in [1.54, 1.807) is 13.2 Å². The van der Waals surface area contributed by atoms with Gasteiger partial charge in [0.15, 0.2) is 0 Å². The van der Waals surface area contributed by atoms with E-state index in [2.05, 4.69) is 31.8 Å². The van der Waals surface area contributed by atoms with Crippen molar-refractivity contribution in [2.75, 3.05) is 31.8 Å². The maximum Gasteiger partial charge on any atom is 0.336 e. The molecule has 0 aromatic carbocycles. The minimum Gasteiger partial charge on any atom is -0.497 e. The van der Waals surface area contributed by atoms with Gasteiger partial charge in [-0.25, -0.2) is 28.1 Å². The van der Waals surface area contributed by atoms with Crippen molar-refractivity contribution >= 4 is 49.0 Å². The zero-order chi connectivity index (χ0) is 26.5. The summed E-state index contributed by atoms with van der Waals surface area (Å²) in [7, 11) is 0. The highest BCUT2D eigenvalue weighted by atomic mass is 32.2. The molecule has 2 atom stereocenters. The third-order valence-electron chi connectivity index (χ3n) is 4.41. The van der Waals surface area contributed by atoms with Crippen molar-refractivity contribution < 1.29 is 23.8 Å². The van der Waals surface area contributed by atoms with Crippen LogP contribution in [0.4, 0.5) is 0 Å². The van der Waals surface area contributed by atoms with E-state index < -0.39 is 29.0 Å². The van der Waals surface area contributed by atoms with E-state index >= 15 is 0 Å².